The standard InChI is InChI=1S/C15H30N2/c1-14(12-17-10-6-7-11-17)16-13-15(2)8-4-3-5-9-15/h14,16H,3-13H2,1-2H3. The van der Waals surface area contributed by atoms with Gasteiger partial charge in [0.1, 0.15) is 0 Å². The van der Waals surface area contributed by atoms with Crippen molar-refractivity contribution in [1.82, 2.24) is 10.2 Å². The molecule has 1 aliphatic carbocycles. The van der Waals surface area contributed by atoms with Gasteiger partial charge in [0.25, 0.3) is 0 Å². The van der Waals surface area contributed by atoms with E-state index in [-0.39, 0.29) is 0 Å². The minimum absolute atomic E-state index is 0.581. The van der Waals surface area contributed by atoms with E-state index >= 15 is 0 Å². The summed E-state index contributed by atoms with van der Waals surface area (Å²) in [5.74, 6) is 0. The van der Waals surface area contributed by atoms with E-state index in [2.05, 4.69) is 24.1 Å². The van der Waals surface area contributed by atoms with E-state index < -0.39 is 0 Å². The smallest absolute Gasteiger partial charge is 0.0166 e. The Bertz CT molecular complexity index is 215. The van der Waals surface area contributed by atoms with Crippen molar-refractivity contribution in [2.24, 2.45) is 5.41 Å². The third-order valence-corrected chi connectivity index (χ3v) is 4.67. The van der Waals surface area contributed by atoms with Crippen molar-refractivity contribution in [3.63, 3.8) is 0 Å². The first-order valence-electron chi connectivity index (χ1n) is 7.64. The number of rotatable bonds is 5. The van der Waals surface area contributed by atoms with Crippen LogP contribution in [0.5, 0.6) is 0 Å². The minimum atomic E-state index is 0.581. The predicted molar refractivity (Wildman–Crippen MR) is 74.3 cm³/mol. The molecule has 2 aliphatic rings. The van der Waals surface area contributed by atoms with Crippen LogP contribution in [-0.4, -0.2) is 37.1 Å². The Morgan fingerprint density at radius 2 is 1.71 bits per heavy atom. The molecule has 1 saturated carbocycles. The fourth-order valence-electron chi connectivity index (χ4n) is 3.42. The maximum atomic E-state index is 3.78. The van der Waals surface area contributed by atoms with Gasteiger partial charge in [-0.25, -0.2) is 0 Å². The van der Waals surface area contributed by atoms with Gasteiger partial charge in [0.15, 0.2) is 0 Å². The Morgan fingerprint density at radius 3 is 2.35 bits per heavy atom. The van der Waals surface area contributed by atoms with Crippen LogP contribution in [0, 0.1) is 5.41 Å². The highest BCUT2D eigenvalue weighted by Gasteiger charge is 2.27. The lowest BCUT2D eigenvalue weighted by Crippen LogP contribution is -2.43. The predicted octanol–water partition coefficient (Wildman–Crippen LogP) is 3.03. The molecule has 0 spiro atoms. The quantitative estimate of drug-likeness (QED) is 0.792. The molecular formula is C15H30N2. The highest BCUT2D eigenvalue weighted by atomic mass is 15.2. The summed E-state index contributed by atoms with van der Waals surface area (Å²) < 4.78 is 0. The van der Waals surface area contributed by atoms with E-state index in [4.69, 9.17) is 0 Å². The zero-order valence-corrected chi connectivity index (χ0v) is 11.8. The largest absolute Gasteiger partial charge is 0.312 e. The van der Waals surface area contributed by atoms with Gasteiger partial charge in [-0.1, -0.05) is 26.2 Å². The van der Waals surface area contributed by atoms with Crippen LogP contribution >= 0.6 is 0 Å². The molecule has 0 amide bonds. The summed E-state index contributed by atoms with van der Waals surface area (Å²) in [6, 6.07) is 0.659. The van der Waals surface area contributed by atoms with E-state index in [1.54, 1.807) is 0 Å². The summed E-state index contributed by atoms with van der Waals surface area (Å²) >= 11 is 0. The average Bonchev–Trinajstić information content (AvgIpc) is 2.80. The first-order valence-corrected chi connectivity index (χ1v) is 7.64. The van der Waals surface area contributed by atoms with Crippen LogP contribution in [0.15, 0.2) is 0 Å². The third-order valence-electron chi connectivity index (χ3n) is 4.67. The van der Waals surface area contributed by atoms with Crippen molar-refractivity contribution >= 4 is 0 Å². The van der Waals surface area contributed by atoms with Crippen LogP contribution in [0.1, 0.15) is 58.8 Å². The molecule has 2 nitrogen and oxygen atoms in total. The molecule has 2 fully saturated rings. The molecule has 1 saturated heterocycles. The van der Waals surface area contributed by atoms with Crippen molar-refractivity contribution in [2.45, 2.75) is 64.8 Å². The summed E-state index contributed by atoms with van der Waals surface area (Å²) in [6.45, 7) is 9.94. The molecule has 0 aromatic rings. The molecule has 0 bridgehead atoms. The number of hydrogen-bond acceptors (Lipinski definition) is 2. The molecule has 1 heterocycles. The normalized spacial score (nSPS) is 27.2. The first kappa shape index (κ1) is 13.4. The van der Waals surface area contributed by atoms with Crippen molar-refractivity contribution in [3.05, 3.63) is 0 Å². The zero-order valence-electron chi connectivity index (χ0n) is 11.8. The van der Waals surface area contributed by atoms with Gasteiger partial charge in [-0.3, -0.25) is 0 Å². The van der Waals surface area contributed by atoms with Crippen LogP contribution in [0.25, 0.3) is 0 Å². The van der Waals surface area contributed by atoms with Crippen LogP contribution in [0.4, 0.5) is 0 Å². The Morgan fingerprint density at radius 1 is 1.06 bits per heavy atom. The molecule has 17 heavy (non-hydrogen) atoms. The third kappa shape index (κ3) is 4.26. The van der Waals surface area contributed by atoms with Crippen molar-refractivity contribution in [1.29, 1.82) is 0 Å². The Labute approximate surface area is 107 Å². The monoisotopic (exact) mass is 238 g/mol. The van der Waals surface area contributed by atoms with Crippen LogP contribution in [0.2, 0.25) is 0 Å². The first-order chi connectivity index (χ1) is 8.18. The summed E-state index contributed by atoms with van der Waals surface area (Å²) in [5, 5.41) is 3.78. The lowest BCUT2D eigenvalue weighted by atomic mass is 9.75. The zero-order chi connectivity index (χ0) is 12.1. The summed E-state index contributed by atoms with van der Waals surface area (Å²) in [7, 11) is 0. The fourth-order valence-corrected chi connectivity index (χ4v) is 3.42. The van der Waals surface area contributed by atoms with Gasteiger partial charge < -0.3 is 10.2 Å². The van der Waals surface area contributed by atoms with Gasteiger partial charge in [-0.15, -0.1) is 0 Å². The lowest BCUT2D eigenvalue weighted by molar-refractivity contribution is 0.193. The van der Waals surface area contributed by atoms with Crippen molar-refractivity contribution in [2.75, 3.05) is 26.2 Å². The molecule has 0 aromatic heterocycles. The molecule has 0 radical (unpaired) electrons. The molecule has 2 rings (SSSR count). The highest BCUT2D eigenvalue weighted by Crippen LogP contribution is 2.34. The molecule has 2 heteroatoms. The Kier molecular flexibility index (Phi) is 4.87. The molecule has 100 valence electrons. The lowest BCUT2D eigenvalue weighted by Gasteiger charge is -2.35. The summed E-state index contributed by atoms with van der Waals surface area (Å²) in [4.78, 5) is 2.61. The van der Waals surface area contributed by atoms with Crippen LogP contribution < -0.4 is 5.32 Å². The minimum Gasteiger partial charge on any atom is -0.312 e. The van der Waals surface area contributed by atoms with Crippen molar-refractivity contribution in [3.8, 4) is 0 Å². The molecule has 1 aliphatic heterocycles. The van der Waals surface area contributed by atoms with Gasteiger partial charge in [-0.05, 0) is 51.1 Å². The van der Waals surface area contributed by atoms with Gasteiger partial charge in [0.05, 0.1) is 0 Å². The maximum Gasteiger partial charge on any atom is 0.0166 e. The van der Waals surface area contributed by atoms with E-state index in [9.17, 15) is 0 Å². The van der Waals surface area contributed by atoms with Crippen LogP contribution in [-0.2, 0) is 0 Å². The molecule has 0 aromatic carbocycles. The summed E-state index contributed by atoms with van der Waals surface area (Å²) in [5.41, 5.74) is 0.581. The molecule has 1 N–H and O–H groups in total. The number of nitrogens with one attached hydrogen (secondary N) is 1. The SMILES string of the molecule is CC(CN1CCCC1)NCC1(C)CCCCC1. The number of likely N-dealkylation sites (tertiary alicyclic amines) is 1. The Hall–Kier alpha value is -0.0800. The molecular weight excluding hydrogens is 208 g/mol. The topological polar surface area (TPSA) is 15.3 Å². The highest BCUT2D eigenvalue weighted by molar-refractivity contribution is 4.82. The Balaban J connectivity index is 1.65. The van der Waals surface area contributed by atoms with Gasteiger partial charge in [0.2, 0.25) is 0 Å². The second kappa shape index (κ2) is 6.19. The van der Waals surface area contributed by atoms with Crippen LogP contribution in [0.3, 0.4) is 0 Å². The molecule has 1 atom stereocenters. The number of hydrogen-bond donors (Lipinski definition) is 1. The van der Waals surface area contributed by atoms with E-state index in [0.717, 1.165) is 0 Å². The second-order valence-electron chi connectivity index (χ2n) is 6.66. The van der Waals surface area contributed by atoms with Gasteiger partial charge >= 0.3 is 0 Å². The van der Waals surface area contributed by atoms with Gasteiger partial charge in [0, 0.05) is 19.1 Å². The average molecular weight is 238 g/mol. The summed E-state index contributed by atoms with van der Waals surface area (Å²) in [6.07, 6.45) is 10.0. The van der Waals surface area contributed by atoms with Crippen molar-refractivity contribution < 1.29 is 0 Å². The van der Waals surface area contributed by atoms with E-state index in [1.807, 2.05) is 0 Å². The number of nitrogens with zero attached hydrogens (tertiary/aromatic N) is 1. The fraction of sp³-hybridized carbons (Fsp3) is 1.00. The second-order valence-corrected chi connectivity index (χ2v) is 6.66. The maximum absolute atomic E-state index is 3.78. The van der Waals surface area contributed by atoms with E-state index in [1.165, 1.54) is 71.1 Å². The van der Waals surface area contributed by atoms with Gasteiger partial charge in [-0.2, -0.15) is 0 Å². The van der Waals surface area contributed by atoms with E-state index in [0.29, 0.717) is 11.5 Å². The molecule has 1 unspecified atom stereocenters.